The molecule has 1 amide bonds. The van der Waals surface area contributed by atoms with E-state index in [1.54, 1.807) is 4.90 Å². The Kier molecular flexibility index (Phi) is 3.11. The molecule has 2 atom stereocenters. The van der Waals surface area contributed by atoms with Gasteiger partial charge in [0, 0.05) is 6.54 Å². The minimum Gasteiger partial charge on any atom is -0.463 e. The van der Waals surface area contributed by atoms with E-state index in [2.05, 4.69) is 0 Å². The summed E-state index contributed by atoms with van der Waals surface area (Å²) in [6.07, 6.45) is 0.305. The summed E-state index contributed by atoms with van der Waals surface area (Å²) < 4.78 is 10.3. The molecular formula is C14H15NO4. The average Bonchev–Trinajstić information content (AvgIpc) is 3.01. The summed E-state index contributed by atoms with van der Waals surface area (Å²) in [4.78, 5) is 25.0. The van der Waals surface area contributed by atoms with Crippen LogP contribution in [0.1, 0.15) is 12.0 Å². The van der Waals surface area contributed by atoms with Gasteiger partial charge in [-0.1, -0.05) is 30.3 Å². The predicted octanol–water partition coefficient (Wildman–Crippen LogP) is 1.57. The number of fused-ring (bicyclic) bond motifs is 1. The van der Waals surface area contributed by atoms with Crippen LogP contribution in [0.4, 0.5) is 4.79 Å². The van der Waals surface area contributed by atoms with Crippen molar-refractivity contribution in [2.24, 2.45) is 5.92 Å². The van der Waals surface area contributed by atoms with E-state index in [4.69, 9.17) is 9.47 Å². The Hall–Kier alpha value is -2.04. The average molecular weight is 261 g/mol. The lowest BCUT2D eigenvalue weighted by molar-refractivity contribution is -0.141. The third-order valence-electron chi connectivity index (χ3n) is 3.68. The molecule has 2 aliphatic rings. The van der Waals surface area contributed by atoms with Gasteiger partial charge in [0.05, 0.1) is 12.0 Å². The first-order valence-electron chi connectivity index (χ1n) is 6.39. The molecule has 1 aromatic carbocycles. The molecule has 0 saturated carbocycles. The number of rotatable bonds is 2. The van der Waals surface area contributed by atoms with Crippen molar-refractivity contribution in [3.8, 4) is 0 Å². The number of hydrogen-bond acceptors (Lipinski definition) is 4. The lowest BCUT2D eigenvalue weighted by atomic mass is 10.0. The highest BCUT2D eigenvalue weighted by Crippen LogP contribution is 2.31. The molecule has 0 radical (unpaired) electrons. The van der Waals surface area contributed by atoms with Crippen molar-refractivity contribution in [3.05, 3.63) is 35.9 Å². The molecule has 1 aromatic rings. The molecule has 2 saturated heterocycles. The standard InChI is InChI=1S/C14H15NO4/c16-13-11-6-7-15(12(11)9-18-13)14(17)19-8-10-4-2-1-3-5-10/h1-5,11-12H,6-9H2. The van der Waals surface area contributed by atoms with Crippen molar-refractivity contribution >= 4 is 12.1 Å². The van der Waals surface area contributed by atoms with Crippen LogP contribution in [0.2, 0.25) is 0 Å². The van der Waals surface area contributed by atoms with Gasteiger partial charge in [-0.15, -0.1) is 0 Å². The van der Waals surface area contributed by atoms with Crippen molar-refractivity contribution in [2.75, 3.05) is 13.2 Å². The number of carbonyl (C=O) groups excluding carboxylic acids is 2. The largest absolute Gasteiger partial charge is 0.463 e. The van der Waals surface area contributed by atoms with E-state index in [1.807, 2.05) is 30.3 Å². The molecule has 2 aliphatic heterocycles. The number of nitrogens with zero attached hydrogens (tertiary/aromatic N) is 1. The van der Waals surface area contributed by atoms with Gasteiger partial charge >= 0.3 is 12.1 Å². The first-order chi connectivity index (χ1) is 9.25. The smallest absolute Gasteiger partial charge is 0.410 e. The molecule has 0 aromatic heterocycles. The van der Waals surface area contributed by atoms with Crippen LogP contribution in [0.5, 0.6) is 0 Å². The molecular weight excluding hydrogens is 246 g/mol. The van der Waals surface area contributed by atoms with Gasteiger partial charge in [-0.2, -0.15) is 0 Å². The van der Waals surface area contributed by atoms with Crippen LogP contribution in [0.25, 0.3) is 0 Å². The summed E-state index contributed by atoms with van der Waals surface area (Å²) in [6.45, 7) is 1.12. The fraction of sp³-hybridized carbons (Fsp3) is 0.429. The van der Waals surface area contributed by atoms with Crippen molar-refractivity contribution in [3.63, 3.8) is 0 Å². The summed E-state index contributed by atoms with van der Waals surface area (Å²) in [5.74, 6) is -0.354. The zero-order chi connectivity index (χ0) is 13.2. The maximum absolute atomic E-state index is 12.0. The topological polar surface area (TPSA) is 55.8 Å². The quantitative estimate of drug-likeness (QED) is 0.758. The second kappa shape index (κ2) is 4.91. The van der Waals surface area contributed by atoms with Crippen LogP contribution in [-0.2, 0) is 20.9 Å². The Bertz CT molecular complexity index is 487. The van der Waals surface area contributed by atoms with Crippen LogP contribution < -0.4 is 0 Å². The third-order valence-corrected chi connectivity index (χ3v) is 3.68. The van der Waals surface area contributed by atoms with Crippen molar-refractivity contribution < 1.29 is 19.1 Å². The van der Waals surface area contributed by atoms with E-state index in [-0.39, 0.29) is 30.6 Å². The lowest BCUT2D eigenvalue weighted by Crippen LogP contribution is -2.38. The third kappa shape index (κ3) is 2.28. The minimum atomic E-state index is -0.366. The van der Waals surface area contributed by atoms with E-state index in [0.29, 0.717) is 19.6 Å². The number of benzene rings is 1. The van der Waals surface area contributed by atoms with E-state index < -0.39 is 0 Å². The van der Waals surface area contributed by atoms with Gasteiger partial charge in [0.1, 0.15) is 13.2 Å². The van der Waals surface area contributed by atoms with Crippen molar-refractivity contribution in [1.82, 2.24) is 4.90 Å². The van der Waals surface area contributed by atoms with E-state index in [1.165, 1.54) is 0 Å². The molecule has 2 heterocycles. The second-order valence-corrected chi connectivity index (χ2v) is 4.83. The Morgan fingerprint density at radius 2 is 2.16 bits per heavy atom. The first kappa shape index (κ1) is 12.0. The van der Waals surface area contributed by atoms with Gasteiger partial charge < -0.3 is 14.4 Å². The fourth-order valence-corrected chi connectivity index (χ4v) is 2.64. The zero-order valence-corrected chi connectivity index (χ0v) is 10.5. The van der Waals surface area contributed by atoms with Crippen molar-refractivity contribution in [2.45, 2.75) is 19.1 Å². The molecule has 5 nitrogen and oxygen atoms in total. The highest BCUT2D eigenvalue weighted by atomic mass is 16.6. The zero-order valence-electron chi connectivity index (χ0n) is 10.5. The minimum absolute atomic E-state index is 0.143. The molecule has 2 fully saturated rings. The van der Waals surface area contributed by atoms with E-state index in [9.17, 15) is 9.59 Å². The number of esters is 1. The summed E-state index contributed by atoms with van der Waals surface area (Å²) in [6, 6.07) is 9.38. The highest BCUT2D eigenvalue weighted by Gasteiger charge is 2.47. The Balaban J connectivity index is 1.58. The van der Waals surface area contributed by atoms with Gasteiger partial charge in [0.15, 0.2) is 0 Å². The Morgan fingerprint density at radius 3 is 2.95 bits per heavy atom. The molecule has 100 valence electrons. The van der Waals surface area contributed by atoms with Crippen LogP contribution in [-0.4, -0.2) is 36.2 Å². The number of cyclic esters (lactones) is 1. The normalized spacial score (nSPS) is 25.1. The van der Waals surface area contributed by atoms with Gasteiger partial charge in [-0.25, -0.2) is 4.79 Å². The lowest BCUT2D eigenvalue weighted by Gasteiger charge is -2.21. The Labute approximate surface area is 111 Å². The Morgan fingerprint density at radius 1 is 1.37 bits per heavy atom. The number of carbonyl (C=O) groups is 2. The SMILES string of the molecule is O=C1OCC2C1CCN2C(=O)OCc1ccccc1. The van der Waals surface area contributed by atoms with Gasteiger partial charge in [0.2, 0.25) is 0 Å². The van der Waals surface area contributed by atoms with Gasteiger partial charge in [-0.05, 0) is 12.0 Å². The number of likely N-dealkylation sites (tertiary alicyclic amines) is 1. The van der Waals surface area contributed by atoms with Crippen molar-refractivity contribution in [1.29, 1.82) is 0 Å². The number of ether oxygens (including phenoxy) is 2. The number of amides is 1. The van der Waals surface area contributed by atoms with E-state index >= 15 is 0 Å². The predicted molar refractivity (Wildman–Crippen MR) is 66.2 cm³/mol. The molecule has 2 unspecified atom stereocenters. The molecule has 0 aliphatic carbocycles. The van der Waals surface area contributed by atoms with Crippen LogP contribution in [0.15, 0.2) is 30.3 Å². The summed E-state index contributed by atoms with van der Waals surface area (Å²) in [5.41, 5.74) is 0.949. The number of hydrogen-bond donors (Lipinski definition) is 0. The van der Waals surface area contributed by atoms with E-state index in [0.717, 1.165) is 5.56 Å². The summed E-state index contributed by atoms with van der Waals surface area (Å²) in [5, 5.41) is 0. The molecule has 5 heteroatoms. The first-order valence-corrected chi connectivity index (χ1v) is 6.39. The van der Waals surface area contributed by atoms with Crippen LogP contribution >= 0.6 is 0 Å². The van der Waals surface area contributed by atoms with Gasteiger partial charge in [-0.3, -0.25) is 4.79 Å². The fourth-order valence-electron chi connectivity index (χ4n) is 2.64. The molecule has 19 heavy (non-hydrogen) atoms. The molecule has 0 N–H and O–H groups in total. The molecule has 0 bridgehead atoms. The monoisotopic (exact) mass is 261 g/mol. The summed E-state index contributed by atoms with van der Waals surface area (Å²) >= 11 is 0. The summed E-state index contributed by atoms with van der Waals surface area (Å²) in [7, 11) is 0. The molecule has 3 rings (SSSR count). The second-order valence-electron chi connectivity index (χ2n) is 4.83. The molecule has 0 spiro atoms. The highest BCUT2D eigenvalue weighted by molar-refractivity contribution is 5.78. The maximum atomic E-state index is 12.0. The van der Waals surface area contributed by atoms with Gasteiger partial charge in [0.25, 0.3) is 0 Å². The van der Waals surface area contributed by atoms with Crippen LogP contribution in [0.3, 0.4) is 0 Å². The van der Waals surface area contributed by atoms with Crippen LogP contribution in [0, 0.1) is 5.92 Å². The maximum Gasteiger partial charge on any atom is 0.410 e.